The number of benzene rings is 2. The highest BCUT2D eigenvalue weighted by Crippen LogP contribution is 2.29. The van der Waals surface area contributed by atoms with Crippen LogP contribution in [0, 0.1) is 13.8 Å². The molecule has 0 atom stereocenters. The number of para-hydroxylation sites is 1. The summed E-state index contributed by atoms with van der Waals surface area (Å²) in [5.74, 6) is 0.402. The van der Waals surface area contributed by atoms with E-state index in [0.717, 1.165) is 15.6 Å². The second-order valence-corrected chi connectivity index (χ2v) is 8.07. The monoisotopic (exact) mass is 424 g/mol. The zero-order valence-electron chi connectivity index (χ0n) is 17.5. The first kappa shape index (κ1) is 20.4. The molecule has 0 radical (unpaired) electrons. The molecule has 0 aliphatic heterocycles. The Morgan fingerprint density at radius 1 is 1.23 bits per heavy atom. The van der Waals surface area contributed by atoms with Crippen molar-refractivity contribution in [2.45, 2.75) is 27.3 Å². The number of methoxy groups -OCH3 is 1. The van der Waals surface area contributed by atoms with E-state index in [4.69, 9.17) is 13.9 Å². The minimum atomic E-state index is -0.416. The molecular weight excluding hydrogens is 400 g/mol. The van der Waals surface area contributed by atoms with E-state index in [9.17, 15) is 4.79 Å². The van der Waals surface area contributed by atoms with Crippen LogP contribution in [0.5, 0.6) is 5.75 Å². The van der Waals surface area contributed by atoms with Crippen LogP contribution in [0.15, 0.2) is 45.8 Å². The number of furan rings is 1. The molecule has 1 amide bonds. The third kappa shape index (κ3) is 3.78. The summed E-state index contributed by atoms with van der Waals surface area (Å²) >= 11 is 1.50. The number of fused-ring (bicyclic) bond motifs is 2. The van der Waals surface area contributed by atoms with Crippen LogP contribution in [0.3, 0.4) is 0 Å². The van der Waals surface area contributed by atoms with Gasteiger partial charge in [0.05, 0.1) is 23.4 Å². The number of aryl methyl sites for hydroxylation is 2. The van der Waals surface area contributed by atoms with Crippen LogP contribution in [0.2, 0.25) is 0 Å². The van der Waals surface area contributed by atoms with Crippen molar-refractivity contribution in [1.82, 2.24) is 4.57 Å². The maximum atomic E-state index is 13.0. The van der Waals surface area contributed by atoms with Crippen LogP contribution >= 0.6 is 11.3 Å². The normalized spacial score (nSPS) is 12.2. The van der Waals surface area contributed by atoms with Crippen molar-refractivity contribution in [3.8, 4) is 5.75 Å². The number of nitrogens with zero attached hydrogens (tertiary/aromatic N) is 2. The Bertz CT molecular complexity index is 1300. The molecule has 4 rings (SSSR count). The van der Waals surface area contributed by atoms with Gasteiger partial charge in [0.2, 0.25) is 0 Å². The summed E-state index contributed by atoms with van der Waals surface area (Å²) in [6.45, 7) is 7.72. The van der Waals surface area contributed by atoms with Crippen molar-refractivity contribution in [2.75, 3.05) is 20.3 Å². The molecule has 0 fully saturated rings. The molecule has 7 heteroatoms. The molecule has 2 aromatic carbocycles. The van der Waals surface area contributed by atoms with Crippen LogP contribution in [0.4, 0.5) is 0 Å². The molecule has 0 saturated carbocycles. The summed E-state index contributed by atoms with van der Waals surface area (Å²) in [7, 11) is 1.66. The van der Waals surface area contributed by atoms with Crippen molar-refractivity contribution in [1.29, 1.82) is 0 Å². The number of hydrogen-bond acceptors (Lipinski definition) is 5. The van der Waals surface area contributed by atoms with E-state index in [0.29, 0.717) is 35.9 Å². The average Bonchev–Trinajstić information content (AvgIpc) is 3.29. The summed E-state index contributed by atoms with van der Waals surface area (Å²) in [5.41, 5.74) is 3.96. The fourth-order valence-electron chi connectivity index (χ4n) is 3.55. The first-order valence-corrected chi connectivity index (χ1v) is 10.7. The van der Waals surface area contributed by atoms with Gasteiger partial charge in [0.25, 0.3) is 0 Å². The standard InChI is InChI=1S/C23H24N2O4S/c1-5-28-18-8-6-7-16-13-19(29-20(16)18)22(26)24-23-25(9-10-27-4)17-12-14(2)11-15(3)21(17)30-23/h6-8,11-13H,5,9-10H2,1-4H3. The Kier molecular flexibility index (Phi) is 5.74. The van der Waals surface area contributed by atoms with E-state index >= 15 is 0 Å². The second-order valence-electron chi connectivity index (χ2n) is 7.09. The van der Waals surface area contributed by atoms with E-state index < -0.39 is 5.91 Å². The van der Waals surface area contributed by atoms with Crippen LogP contribution in [0.1, 0.15) is 28.6 Å². The van der Waals surface area contributed by atoms with Gasteiger partial charge in [-0.25, -0.2) is 0 Å². The molecule has 2 heterocycles. The lowest BCUT2D eigenvalue weighted by Gasteiger charge is -2.05. The summed E-state index contributed by atoms with van der Waals surface area (Å²) in [4.78, 5) is 18.0. The van der Waals surface area contributed by atoms with Gasteiger partial charge in [-0.05, 0) is 50.1 Å². The number of ether oxygens (including phenoxy) is 2. The summed E-state index contributed by atoms with van der Waals surface area (Å²) < 4.78 is 19.9. The van der Waals surface area contributed by atoms with Crippen LogP contribution in [-0.2, 0) is 11.3 Å². The van der Waals surface area contributed by atoms with Gasteiger partial charge in [-0.15, -0.1) is 0 Å². The Hall–Kier alpha value is -2.90. The number of thiazole rings is 1. The molecule has 0 aliphatic rings. The number of aromatic nitrogens is 1. The summed E-state index contributed by atoms with van der Waals surface area (Å²) in [5, 5.41) is 0.814. The zero-order valence-corrected chi connectivity index (χ0v) is 18.3. The quantitative estimate of drug-likeness (QED) is 0.444. The average molecular weight is 425 g/mol. The molecule has 4 aromatic rings. The van der Waals surface area contributed by atoms with E-state index in [-0.39, 0.29) is 5.76 Å². The van der Waals surface area contributed by atoms with Crippen LogP contribution in [0.25, 0.3) is 21.2 Å². The molecule has 0 saturated heterocycles. The topological polar surface area (TPSA) is 66.0 Å². The van der Waals surface area contributed by atoms with Crippen molar-refractivity contribution in [3.63, 3.8) is 0 Å². The van der Waals surface area contributed by atoms with Crippen molar-refractivity contribution in [3.05, 3.63) is 58.1 Å². The molecule has 0 spiro atoms. The minimum Gasteiger partial charge on any atom is -0.490 e. The lowest BCUT2D eigenvalue weighted by molar-refractivity contribution is 0.0973. The van der Waals surface area contributed by atoms with Crippen molar-refractivity contribution < 1.29 is 18.7 Å². The minimum absolute atomic E-state index is 0.195. The van der Waals surface area contributed by atoms with Crippen LogP contribution in [-0.4, -0.2) is 30.8 Å². The Morgan fingerprint density at radius 2 is 2.07 bits per heavy atom. The molecule has 156 valence electrons. The van der Waals surface area contributed by atoms with E-state index in [1.54, 1.807) is 13.2 Å². The van der Waals surface area contributed by atoms with Gasteiger partial charge in [0.1, 0.15) is 0 Å². The highest BCUT2D eigenvalue weighted by molar-refractivity contribution is 7.16. The Balaban J connectivity index is 1.82. The fourth-order valence-corrected chi connectivity index (χ4v) is 4.65. The van der Waals surface area contributed by atoms with E-state index in [1.807, 2.05) is 29.7 Å². The van der Waals surface area contributed by atoms with Crippen molar-refractivity contribution >= 4 is 38.4 Å². The fraction of sp³-hybridized carbons (Fsp3) is 0.304. The van der Waals surface area contributed by atoms with Crippen LogP contribution < -0.4 is 9.54 Å². The Morgan fingerprint density at radius 3 is 2.83 bits per heavy atom. The first-order chi connectivity index (χ1) is 14.5. The number of carbonyl (C=O) groups is 1. The van der Waals surface area contributed by atoms with E-state index in [1.165, 1.54) is 22.5 Å². The third-order valence-corrected chi connectivity index (χ3v) is 6.08. The van der Waals surface area contributed by atoms with Gasteiger partial charge in [-0.1, -0.05) is 29.5 Å². The Labute approximate surface area is 178 Å². The lowest BCUT2D eigenvalue weighted by atomic mass is 10.1. The second kappa shape index (κ2) is 8.45. The van der Waals surface area contributed by atoms with Gasteiger partial charge in [-0.3, -0.25) is 4.79 Å². The molecule has 6 nitrogen and oxygen atoms in total. The number of hydrogen-bond donors (Lipinski definition) is 0. The SMILES string of the molecule is CCOc1cccc2cc(C(=O)N=c3sc4c(C)cc(C)cc4n3CCOC)oc12. The third-order valence-electron chi connectivity index (χ3n) is 4.85. The molecule has 0 aliphatic carbocycles. The maximum Gasteiger partial charge on any atom is 0.315 e. The highest BCUT2D eigenvalue weighted by Gasteiger charge is 2.16. The number of rotatable bonds is 6. The van der Waals surface area contributed by atoms with Gasteiger partial charge < -0.3 is 18.5 Å². The van der Waals surface area contributed by atoms with Gasteiger partial charge >= 0.3 is 5.91 Å². The molecular formula is C23H24N2O4S. The molecule has 0 N–H and O–H groups in total. The molecule has 0 bridgehead atoms. The predicted molar refractivity (Wildman–Crippen MR) is 118 cm³/mol. The van der Waals surface area contributed by atoms with Gasteiger partial charge in [0.15, 0.2) is 21.9 Å². The number of amides is 1. The van der Waals surface area contributed by atoms with Gasteiger partial charge in [0, 0.05) is 19.0 Å². The lowest BCUT2D eigenvalue weighted by Crippen LogP contribution is -2.19. The van der Waals surface area contributed by atoms with E-state index in [2.05, 4.69) is 31.0 Å². The molecule has 30 heavy (non-hydrogen) atoms. The summed E-state index contributed by atoms with van der Waals surface area (Å²) in [6.07, 6.45) is 0. The summed E-state index contributed by atoms with van der Waals surface area (Å²) in [6, 6.07) is 11.6. The molecule has 2 aromatic heterocycles. The largest absolute Gasteiger partial charge is 0.490 e. The first-order valence-electron chi connectivity index (χ1n) is 9.85. The highest BCUT2D eigenvalue weighted by atomic mass is 32.1. The predicted octanol–water partition coefficient (Wildman–Crippen LogP) is 4.85. The smallest absolute Gasteiger partial charge is 0.315 e. The number of carbonyl (C=O) groups excluding carboxylic acids is 1. The van der Waals surface area contributed by atoms with Crippen molar-refractivity contribution in [2.24, 2.45) is 4.99 Å². The van der Waals surface area contributed by atoms with Gasteiger partial charge in [-0.2, -0.15) is 4.99 Å². The maximum absolute atomic E-state index is 13.0. The zero-order chi connectivity index (χ0) is 21.3. The molecule has 0 unspecified atom stereocenters.